The molecule has 0 amide bonds. The Kier molecular flexibility index (Phi) is 7.59. The number of benzene rings is 10. The summed E-state index contributed by atoms with van der Waals surface area (Å²) in [7, 11) is 0. The van der Waals surface area contributed by atoms with E-state index in [4.69, 9.17) is 19.4 Å². The molecular formula is C59H35N5O. The lowest BCUT2D eigenvalue weighted by atomic mass is 9.97. The Bertz CT molecular complexity index is 4240. The molecule has 4 heterocycles. The minimum Gasteiger partial charge on any atom is -0.456 e. The number of fused-ring (bicyclic) bond motifs is 12. The Labute approximate surface area is 371 Å². The van der Waals surface area contributed by atoms with Crippen molar-refractivity contribution in [1.82, 2.24) is 24.1 Å². The second-order valence-corrected chi connectivity index (χ2v) is 16.8. The van der Waals surface area contributed by atoms with E-state index in [0.717, 1.165) is 82.8 Å². The number of aromatic nitrogens is 5. The Hall–Kier alpha value is -8.87. The second kappa shape index (κ2) is 13.8. The molecule has 10 aromatic carbocycles. The molecule has 65 heavy (non-hydrogen) atoms. The summed E-state index contributed by atoms with van der Waals surface area (Å²) >= 11 is 0. The van der Waals surface area contributed by atoms with Gasteiger partial charge in [-0.3, -0.25) is 0 Å². The number of nitrogens with zero attached hydrogens (tertiary/aromatic N) is 5. The van der Waals surface area contributed by atoms with Crippen molar-refractivity contribution in [3.63, 3.8) is 0 Å². The summed E-state index contributed by atoms with van der Waals surface area (Å²) in [6.07, 6.45) is 0. The first-order valence-corrected chi connectivity index (χ1v) is 21.9. The minimum atomic E-state index is 0.570. The van der Waals surface area contributed by atoms with Crippen LogP contribution in [0.3, 0.4) is 0 Å². The maximum atomic E-state index is 6.72. The third-order valence-electron chi connectivity index (χ3n) is 13.1. The summed E-state index contributed by atoms with van der Waals surface area (Å²) in [6.45, 7) is 0. The molecule has 0 aliphatic rings. The van der Waals surface area contributed by atoms with E-state index in [9.17, 15) is 0 Å². The van der Waals surface area contributed by atoms with Crippen LogP contribution in [0.2, 0.25) is 0 Å². The van der Waals surface area contributed by atoms with E-state index in [2.05, 4.69) is 191 Å². The van der Waals surface area contributed by atoms with Gasteiger partial charge in [0.2, 0.25) is 0 Å². The van der Waals surface area contributed by atoms with E-state index in [1.54, 1.807) is 0 Å². The van der Waals surface area contributed by atoms with Crippen LogP contribution in [0.1, 0.15) is 0 Å². The molecule has 0 spiro atoms. The monoisotopic (exact) mass is 829 g/mol. The predicted molar refractivity (Wildman–Crippen MR) is 267 cm³/mol. The lowest BCUT2D eigenvalue weighted by Gasteiger charge is -2.14. The fourth-order valence-electron chi connectivity index (χ4n) is 10.2. The summed E-state index contributed by atoms with van der Waals surface area (Å²) < 4.78 is 11.5. The van der Waals surface area contributed by atoms with Crippen LogP contribution in [-0.2, 0) is 0 Å². The molecule has 14 rings (SSSR count). The molecule has 14 aromatic rings. The van der Waals surface area contributed by atoms with Gasteiger partial charge in [-0.15, -0.1) is 0 Å². The van der Waals surface area contributed by atoms with Gasteiger partial charge in [0.05, 0.1) is 22.1 Å². The smallest absolute Gasteiger partial charge is 0.164 e. The van der Waals surface area contributed by atoms with Crippen molar-refractivity contribution < 1.29 is 4.42 Å². The van der Waals surface area contributed by atoms with Crippen LogP contribution in [0.25, 0.3) is 133 Å². The number of rotatable bonds is 5. The van der Waals surface area contributed by atoms with Gasteiger partial charge < -0.3 is 13.6 Å². The van der Waals surface area contributed by atoms with Crippen molar-refractivity contribution in [2.75, 3.05) is 0 Å². The first-order valence-electron chi connectivity index (χ1n) is 21.9. The molecule has 0 saturated heterocycles. The molecule has 4 aromatic heterocycles. The number of hydrogen-bond donors (Lipinski definition) is 0. The summed E-state index contributed by atoms with van der Waals surface area (Å²) in [5, 5.41) is 11.4. The molecule has 0 saturated carbocycles. The van der Waals surface area contributed by atoms with Gasteiger partial charge in [0.15, 0.2) is 17.5 Å². The van der Waals surface area contributed by atoms with Gasteiger partial charge in [-0.1, -0.05) is 146 Å². The summed E-state index contributed by atoms with van der Waals surface area (Å²) in [6, 6.07) is 75.0. The van der Waals surface area contributed by atoms with E-state index in [-0.39, 0.29) is 0 Å². The zero-order chi connectivity index (χ0) is 42.6. The first-order chi connectivity index (χ1) is 32.2. The van der Waals surface area contributed by atoms with E-state index in [1.807, 2.05) is 30.3 Å². The van der Waals surface area contributed by atoms with Crippen molar-refractivity contribution >= 4 is 87.1 Å². The van der Waals surface area contributed by atoms with Gasteiger partial charge in [0.1, 0.15) is 11.2 Å². The highest BCUT2D eigenvalue weighted by molar-refractivity contribution is 6.22. The lowest BCUT2D eigenvalue weighted by molar-refractivity contribution is 0.669. The zero-order valence-corrected chi connectivity index (χ0v) is 34.9. The van der Waals surface area contributed by atoms with Gasteiger partial charge in [-0.2, -0.15) is 0 Å². The molecule has 0 radical (unpaired) electrons. The van der Waals surface area contributed by atoms with Crippen molar-refractivity contribution in [3.8, 4) is 45.5 Å². The zero-order valence-electron chi connectivity index (χ0n) is 34.9. The average molecular weight is 830 g/mol. The molecule has 0 fully saturated rings. The molecule has 0 N–H and O–H groups in total. The third kappa shape index (κ3) is 5.44. The SMILES string of the molecule is c1ccc(-c2nc(-c3ccc4c5ccccc5n(-c5ccccc5)c4c3)nc(-c3cc4oc5ccccc5c4c4cc(-n5c6ccccc6c6cc7ccccc7cc65)ccc34)n2)cc1. The fraction of sp³-hybridized carbons (Fsp3) is 0. The quantitative estimate of drug-likeness (QED) is 0.173. The fourth-order valence-corrected chi connectivity index (χ4v) is 10.2. The van der Waals surface area contributed by atoms with Crippen LogP contribution in [0.5, 0.6) is 0 Å². The molecule has 0 aliphatic carbocycles. The van der Waals surface area contributed by atoms with Crippen LogP contribution >= 0.6 is 0 Å². The third-order valence-corrected chi connectivity index (χ3v) is 13.1. The molecule has 0 atom stereocenters. The van der Waals surface area contributed by atoms with Crippen LogP contribution < -0.4 is 0 Å². The van der Waals surface area contributed by atoms with Gasteiger partial charge in [0.25, 0.3) is 0 Å². The van der Waals surface area contributed by atoms with Crippen molar-refractivity contribution in [1.29, 1.82) is 0 Å². The van der Waals surface area contributed by atoms with Crippen molar-refractivity contribution in [2.24, 2.45) is 0 Å². The minimum absolute atomic E-state index is 0.570. The van der Waals surface area contributed by atoms with Crippen LogP contribution in [0.4, 0.5) is 0 Å². The van der Waals surface area contributed by atoms with Gasteiger partial charge in [-0.25, -0.2) is 15.0 Å². The highest BCUT2D eigenvalue weighted by Crippen LogP contribution is 2.43. The van der Waals surface area contributed by atoms with Crippen LogP contribution in [0.15, 0.2) is 217 Å². The van der Waals surface area contributed by atoms with Gasteiger partial charge in [0, 0.05) is 60.4 Å². The molecular weight excluding hydrogens is 795 g/mol. The van der Waals surface area contributed by atoms with Crippen molar-refractivity contribution in [2.45, 2.75) is 0 Å². The van der Waals surface area contributed by atoms with Gasteiger partial charge >= 0.3 is 0 Å². The molecule has 6 nitrogen and oxygen atoms in total. The van der Waals surface area contributed by atoms with Crippen LogP contribution in [0, 0.1) is 0 Å². The maximum Gasteiger partial charge on any atom is 0.164 e. The largest absolute Gasteiger partial charge is 0.456 e. The van der Waals surface area contributed by atoms with E-state index < -0.39 is 0 Å². The molecule has 0 aliphatic heterocycles. The van der Waals surface area contributed by atoms with E-state index in [0.29, 0.717) is 17.5 Å². The van der Waals surface area contributed by atoms with Gasteiger partial charge in [-0.05, 0) is 88.3 Å². The normalized spacial score (nSPS) is 12.0. The number of hydrogen-bond acceptors (Lipinski definition) is 4. The first kappa shape index (κ1) is 35.7. The predicted octanol–water partition coefficient (Wildman–Crippen LogP) is 15.3. The highest BCUT2D eigenvalue weighted by atomic mass is 16.3. The maximum absolute atomic E-state index is 6.72. The van der Waals surface area contributed by atoms with Crippen molar-refractivity contribution in [3.05, 3.63) is 212 Å². The Morgan fingerprint density at radius 2 is 0.877 bits per heavy atom. The lowest BCUT2D eigenvalue weighted by Crippen LogP contribution is -2.01. The molecule has 302 valence electrons. The Balaban J connectivity index is 1.04. The Morgan fingerprint density at radius 3 is 1.66 bits per heavy atom. The molecule has 0 bridgehead atoms. The molecule has 0 unspecified atom stereocenters. The topological polar surface area (TPSA) is 61.7 Å². The van der Waals surface area contributed by atoms with E-state index >= 15 is 0 Å². The summed E-state index contributed by atoms with van der Waals surface area (Å²) in [4.78, 5) is 15.9. The standard InChI is InChI=1S/C59H35N5O/c1-3-15-36(16-4-1)57-60-58(39-27-29-45-43-21-9-12-24-50(43)63(52(45)33-39)40-19-5-2-6-20-40)62-59(61-57)49-35-55-56(46-23-11-14-26-54(46)65-55)48-34-41(28-30-42(48)49)64-51-25-13-10-22-44(51)47-31-37-17-7-8-18-38(37)32-53(47)64/h1-35H. The van der Waals surface area contributed by atoms with Crippen LogP contribution in [-0.4, -0.2) is 24.1 Å². The average Bonchev–Trinajstić information content (AvgIpc) is 4.03. The molecule has 6 heteroatoms. The van der Waals surface area contributed by atoms with E-state index in [1.165, 1.54) is 32.3 Å². The summed E-state index contributed by atoms with van der Waals surface area (Å²) in [5.41, 5.74) is 11.0. The number of para-hydroxylation sites is 4. The Morgan fingerprint density at radius 1 is 0.308 bits per heavy atom. The second-order valence-electron chi connectivity index (χ2n) is 16.8. The summed E-state index contributed by atoms with van der Waals surface area (Å²) in [5.74, 6) is 1.76. The highest BCUT2D eigenvalue weighted by Gasteiger charge is 2.22. The number of furan rings is 1.